The van der Waals surface area contributed by atoms with Crippen LogP contribution in [0.1, 0.15) is 259 Å². The van der Waals surface area contributed by atoms with Gasteiger partial charge < -0.3 is 30.7 Å². The topological polar surface area (TPSA) is 111 Å². The molecular formula is C54H110N4O4. The lowest BCUT2D eigenvalue weighted by Crippen LogP contribution is -2.31. The Hall–Kier alpha value is -1.22. The van der Waals surface area contributed by atoms with Crippen molar-refractivity contribution in [2.75, 3.05) is 65.6 Å². The van der Waals surface area contributed by atoms with Crippen LogP contribution in [0.4, 0.5) is 0 Å². The van der Waals surface area contributed by atoms with E-state index in [1.165, 1.54) is 167 Å². The predicted molar refractivity (Wildman–Crippen MR) is 269 cm³/mol. The smallest absolute Gasteiger partial charge is 0.305 e. The number of hydrogen-bond acceptors (Lipinski definition) is 8. The molecule has 0 spiro atoms. The lowest BCUT2D eigenvalue weighted by Gasteiger charge is -2.24. The lowest BCUT2D eigenvalue weighted by molar-refractivity contribution is -0.146. The fraction of sp³-hybridized carbons (Fsp3) is 0.963. The van der Waals surface area contributed by atoms with Gasteiger partial charge in [0, 0.05) is 12.8 Å². The second-order valence-electron chi connectivity index (χ2n) is 19.2. The van der Waals surface area contributed by atoms with E-state index in [9.17, 15) is 9.59 Å². The number of nitrogens with two attached hydrogens (primary N) is 2. The standard InChI is InChI=1S/C54H110N4O4/c1-5-9-13-17-19-25-37-51(35-23-15-11-7-3)49-61-53(59)39-27-21-29-43-57(47-33-41-55)45-31-32-46-58(48-34-42-56)44-30-22-28-40-54(60)62-50-52(36-24-16-12-8-4)38-26-20-18-14-10-6-2/h51-52H,5-50,55-56H2,1-4H3. The largest absolute Gasteiger partial charge is 0.465 e. The van der Waals surface area contributed by atoms with E-state index in [4.69, 9.17) is 20.9 Å². The Morgan fingerprint density at radius 2 is 0.613 bits per heavy atom. The minimum atomic E-state index is -0.000903. The summed E-state index contributed by atoms with van der Waals surface area (Å²) in [5.74, 6) is 1.05. The fourth-order valence-corrected chi connectivity index (χ4v) is 8.87. The highest BCUT2D eigenvalue weighted by Gasteiger charge is 2.15. The van der Waals surface area contributed by atoms with E-state index in [2.05, 4.69) is 37.5 Å². The number of unbranched alkanes of at least 4 members (excludes halogenated alkanes) is 21. The van der Waals surface area contributed by atoms with E-state index in [0.29, 0.717) is 37.9 Å². The van der Waals surface area contributed by atoms with E-state index in [1.54, 1.807) is 0 Å². The van der Waals surface area contributed by atoms with Crippen LogP contribution in [0.2, 0.25) is 0 Å². The molecule has 0 aliphatic carbocycles. The maximum absolute atomic E-state index is 12.7. The van der Waals surface area contributed by atoms with Gasteiger partial charge in [-0.3, -0.25) is 9.59 Å². The number of nitrogens with zero attached hydrogens (tertiary/aromatic N) is 2. The summed E-state index contributed by atoms with van der Waals surface area (Å²) in [6, 6.07) is 0. The van der Waals surface area contributed by atoms with E-state index < -0.39 is 0 Å². The summed E-state index contributed by atoms with van der Waals surface area (Å²) in [4.78, 5) is 30.6. The van der Waals surface area contributed by atoms with Gasteiger partial charge in [-0.2, -0.15) is 0 Å². The highest BCUT2D eigenvalue weighted by molar-refractivity contribution is 5.69. The van der Waals surface area contributed by atoms with Crippen LogP contribution in [0.15, 0.2) is 0 Å². The van der Waals surface area contributed by atoms with Crippen molar-refractivity contribution in [2.24, 2.45) is 23.3 Å². The van der Waals surface area contributed by atoms with E-state index in [-0.39, 0.29) is 11.9 Å². The zero-order valence-electron chi connectivity index (χ0n) is 42.4. The molecule has 0 aromatic carbocycles. The second-order valence-corrected chi connectivity index (χ2v) is 19.2. The summed E-state index contributed by atoms with van der Waals surface area (Å²) in [7, 11) is 0. The summed E-state index contributed by atoms with van der Waals surface area (Å²) in [6.45, 7) is 18.2. The molecule has 8 nitrogen and oxygen atoms in total. The highest BCUT2D eigenvalue weighted by Crippen LogP contribution is 2.22. The molecule has 62 heavy (non-hydrogen) atoms. The second kappa shape index (κ2) is 49.2. The average Bonchev–Trinajstić information content (AvgIpc) is 3.27. The average molecular weight is 879 g/mol. The molecule has 370 valence electrons. The van der Waals surface area contributed by atoms with Gasteiger partial charge in [0.15, 0.2) is 0 Å². The third kappa shape index (κ3) is 42.7. The van der Waals surface area contributed by atoms with Gasteiger partial charge in [0.05, 0.1) is 13.2 Å². The molecule has 0 fully saturated rings. The molecule has 0 rings (SSSR count). The first kappa shape index (κ1) is 60.8. The van der Waals surface area contributed by atoms with Crippen molar-refractivity contribution >= 4 is 11.9 Å². The van der Waals surface area contributed by atoms with E-state index in [1.807, 2.05) is 0 Å². The minimum absolute atomic E-state index is 0.000903. The monoisotopic (exact) mass is 879 g/mol. The van der Waals surface area contributed by atoms with Crippen LogP contribution in [0.5, 0.6) is 0 Å². The van der Waals surface area contributed by atoms with Crippen LogP contribution in [-0.2, 0) is 19.1 Å². The van der Waals surface area contributed by atoms with Gasteiger partial charge in [-0.25, -0.2) is 0 Å². The van der Waals surface area contributed by atoms with Crippen LogP contribution < -0.4 is 11.5 Å². The molecule has 8 heteroatoms. The maximum Gasteiger partial charge on any atom is 0.305 e. The normalized spacial score (nSPS) is 12.7. The SMILES string of the molecule is CCCCCCCCC(CCCCCC)COC(=O)CCCCCN(CCCN)CCCCN(CCCN)CCCCCC(=O)OCC(CCCCCC)CCCCCCCC. The number of carbonyl (C=O) groups is 2. The third-order valence-corrected chi connectivity index (χ3v) is 13.1. The summed E-state index contributed by atoms with van der Waals surface area (Å²) >= 11 is 0. The van der Waals surface area contributed by atoms with Gasteiger partial charge in [-0.15, -0.1) is 0 Å². The molecule has 0 amide bonds. The molecule has 0 radical (unpaired) electrons. The van der Waals surface area contributed by atoms with Crippen LogP contribution in [0, 0.1) is 11.8 Å². The van der Waals surface area contributed by atoms with E-state index >= 15 is 0 Å². The van der Waals surface area contributed by atoms with Crippen molar-refractivity contribution in [1.29, 1.82) is 0 Å². The molecule has 0 heterocycles. The number of hydrogen-bond donors (Lipinski definition) is 2. The summed E-state index contributed by atoms with van der Waals surface area (Å²) in [5, 5.41) is 0. The fourth-order valence-electron chi connectivity index (χ4n) is 8.87. The summed E-state index contributed by atoms with van der Waals surface area (Å²) < 4.78 is 11.7. The number of rotatable bonds is 51. The zero-order valence-corrected chi connectivity index (χ0v) is 42.4. The third-order valence-electron chi connectivity index (χ3n) is 13.1. The maximum atomic E-state index is 12.7. The number of ether oxygens (including phenoxy) is 2. The van der Waals surface area contributed by atoms with Gasteiger partial charge in [0.1, 0.15) is 0 Å². The van der Waals surface area contributed by atoms with Crippen molar-refractivity contribution in [2.45, 2.75) is 259 Å². The Balaban J connectivity index is 4.47. The molecule has 0 saturated heterocycles. The van der Waals surface area contributed by atoms with Gasteiger partial charge >= 0.3 is 11.9 Å². The van der Waals surface area contributed by atoms with Gasteiger partial charge in [-0.1, -0.05) is 169 Å². The lowest BCUT2D eigenvalue weighted by atomic mass is 9.95. The van der Waals surface area contributed by atoms with Crippen molar-refractivity contribution in [3.8, 4) is 0 Å². The summed E-state index contributed by atoms with van der Waals surface area (Å²) in [5.41, 5.74) is 11.8. The zero-order chi connectivity index (χ0) is 45.4. The van der Waals surface area contributed by atoms with Crippen molar-refractivity contribution in [1.82, 2.24) is 9.80 Å². The molecule has 0 aliphatic heterocycles. The van der Waals surface area contributed by atoms with Crippen molar-refractivity contribution < 1.29 is 19.1 Å². The first-order valence-corrected chi connectivity index (χ1v) is 27.6. The molecule has 0 aliphatic rings. The van der Waals surface area contributed by atoms with E-state index in [0.717, 1.165) is 104 Å². The van der Waals surface area contributed by atoms with Gasteiger partial charge in [0.25, 0.3) is 0 Å². The molecular weight excluding hydrogens is 769 g/mol. The Morgan fingerprint density at radius 3 is 0.935 bits per heavy atom. The Kier molecular flexibility index (Phi) is 48.3. The minimum Gasteiger partial charge on any atom is -0.465 e. The Morgan fingerprint density at radius 1 is 0.355 bits per heavy atom. The van der Waals surface area contributed by atoms with Gasteiger partial charge in [-0.05, 0) is 141 Å². The van der Waals surface area contributed by atoms with Crippen LogP contribution in [0.3, 0.4) is 0 Å². The van der Waals surface area contributed by atoms with Crippen LogP contribution >= 0.6 is 0 Å². The predicted octanol–water partition coefficient (Wildman–Crippen LogP) is 13.9. The molecule has 2 unspecified atom stereocenters. The molecule has 0 aromatic rings. The molecule has 0 bridgehead atoms. The molecule has 4 N–H and O–H groups in total. The quantitative estimate of drug-likeness (QED) is 0.0459. The number of esters is 2. The van der Waals surface area contributed by atoms with Crippen LogP contribution in [0.25, 0.3) is 0 Å². The van der Waals surface area contributed by atoms with Crippen LogP contribution in [-0.4, -0.2) is 87.3 Å². The molecule has 0 saturated carbocycles. The Bertz CT molecular complexity index is 851. The molecule has 2 atom stereocenters. The first-order chi connectivity index (χ1) is 30.4. The first-order valence-electron chi connectivity index (χ1n) is 27.6. The summed E-state index contributed by atoms with van der Waals surface area (Å²) in [6.07, 6.45) is 42.6. The molecule has 0 aromatic heterocycles. The Labute approximate surface area is 387 Å². The van der Waals surface area contributed by atoms with Crippen molar-refractivity contribution in [3.05, 3.63) is 0 Å². The van der Waals surface area contributed by atoms with Gasteiger partial charge in [0.2, 0.25) is 0 Å². The number of carbonyl (C=O) groups excluding carboxylic acids is 2. The van der Waals surface area contributed by atoms with Crippen molar-refractivity contribution in [3.63, 3.8) is 0 Å². The highest BCUT2D eigenvalue weighted by atomic mass is 16.5.